The Bertz CT molecular complexity index is 274. The van der Waals surface area contributed by atoms with Gasteiger partial charge in [-0.25, -0.2) is 0 Å². The highest BCUT2D eigenvalue weighted by Gasteiger charge is 2.10. The van der Waals surface area contributed by atoms with Crippen molar-refractivity contribution in [2.45, 2.75) is 6.54 Å². The lowest BCUT2D eigenvalue weighted by molar-refractivity contribution is 0.233. The van der Waals surface area contributed by atoms with Gasteiger partial charge in [0.25, 0.3) is 0 Å². The third kappa shape index (κ3) is 3.51. The second kappa shape index (κ2) is 6.08. The molecule has 0 unspecified atom stereocenters. The molecule has 80 valence electrons. The molecule has 1 aromatic heterocycles. The van der Waals surface area contributed by atoms with E-state index in [2.05, 4.69) is 37.6 Å². The maximum absolute atomic E-state index is 3.48. The normalized spacial score (nSPS) is 17.8. The van der Waals surface area contributed by atoms with Crippen molar-refractivity contribution in [3.63, 3.8) is 0 Å². The van der Waals surface area contributed by atoms with E-state index in [0.29, 0.717) is 0 Å². The molecule has 1 aromatic rings. The molecule has 1 fully saturated rings. The van der Waals surface area contributed by atoms with Crippen molar-refractivity contribution in [2.24, 2.45) is 0 Å². The molecule has 0 saturated carbocycles. The molecule has 0 spiro atoms. The second-order valence-corrected chi connectivity index (χ2v) is 5.58. The molecular weight excluding hydrogens is 284 g/mol. The SMILES string of the molecule is Brc1cc(CN2CCNCC2)cs1.Cl. The molecule has 5 heteroatoms. The van der Waals surface area contributed by atoms with Gasteiger partial charge in [0, 0.05) is 32.7 Å². The molecule has 0 radical (unpaired) electrons. The molecule has 0 aromatic carbocycles. The topological polar surface area (TPSA) is 15.3 Å². The first-order valence-electron chi connectivity index (χ1n) is 4.50. The van der Waals surface area contributed by atoms with Crippen LogP contribution in [0, 0.1) is 0 Å². The van der Waals surface area contributed by atoms with Crippen molar-refractivity contribution >= 4 is 39.7 Å². The second-order valence-electron chi connectivity index (χ2n) is 3.29. The van der Waals surface area contributed by atoms with Gasteiger partial charge in [-0.1, -0.05) is 0 Å². The number of nitrogens with zero attached hydrogens (tertiary/aromatic N) is 1. The first-order chi connectivity index (χ1) is 6.34. The predicted octanol–water partition coefficient (Wildman–Crippen LogP) is 2.34. The first-order valence-corrected chi connectivity index (χ1v) is 6.18. The van der Waals surface area contributed by atoms with Crippen LogP contribution < -0.4 is 5.32 Å². The van der Waals surface area contributed by atoms with E-state index in [0.717, 1.165) is 19.6 Å². The van der Waals surface area contributed by atoms with Crippen LogP contribution in [0.3, 0.4) is 0 Å². The van der Waals surface area contributed by atoms with Crippen molar-refractivity contribution in [2.75, 3.05) is 26.2 Å². The molecule has 2 rings (SSSR count). The number of piperazine rings is 1. The smallest absolute Gasteiger partial charge is 0.0701 e. The minimum absolute atomic E-state index is 0. The van der Waals surface area contributed by atoms with Crippen molar-refractivity contribution in [1.82, 2.24) is 10.2 Å². The number of halogens is 2. The van der Waals surface area contributed by atoms with Gasteiger partial charge in [-0.15, -0.1) is 23.7 Å². The summed E-state index contributed by atoms with van der Waals surface area (Å²) in [5, 5.41) is 5.59. The van der Waals surface area contributed by atoms with Gasteiger partial charge < -0.3 is 5.32 Å². The van der Waals surface area contributed by atoms with Crippen LogP contribution in [-0.2, 0) is 6.54 Å². The fourth-order valence-corrected chi connectivity index (χ4v) is 2.76. The lowest BCUT2D eigenvalue weighted by atomic mass is 10.3. The number of nitrogens with one attached hydrogen (secondary N) is 1. The van der Waals surface area contributed by atoms with Crippen LogP contribution >= 0.6 is 39.7 Å². The molecule has 0 bridgehead atoms. The third-order valence-electron chi connectivity index (χ3n) is 2.24. The van der Waals surface area contributed by atoms with Gasteiger partial charge in [0.2, 0.25) is 0 Å². The number of hydrogen-bond acceptors (Lipinski definition) is 3. The molecule has 1 saturated heterocycles. The Labute approximate surface area is 103 Å². The van der Waals surface area contributed by atoms with Crippen LogP contribution in [0.2, 0.25) is 0 Å². The summed E-state index contributed by atoms with van der Waals surface area (Å²) in [7, 11) is 0. The zero-order chi connectivity index (χ0) is 9.10. The number of hydrogen-bond donors (Lipinski definition) is 1. The maximum atomic E-state index is 3.48. The summed E-state index contributed by atoms with van der Waals surface area (Å²) >= 11 is 5.25. The molecule has 1 aliphatic heterocycles. The van der Waals surface area contributed by atoms with E-state index in [1.807, 2.05) is 0 Å². The average Bonchev–Trinajstić information content (AvgIpc) is 2.53. The van der Waals surface area contributed by atoms with Gasteiger partial charge in [-0.05, 0) is 32.9 Å². The number of thiophene rings is 1. The van der Waals surface area contributed by atoms with E-state index in [4.69, 9.17) is 0 Å². The summed E-state index contributed by atoms with van der Waals surface area (Å²) in [6.07, 6.45) is 0. The summed E-state index contributed by atoms with van der Waals surface area (Å²) in [6.45, 7) is 5.71. The summed E-state index contributed by atoms with van der Waals surface area (Å²) in [5.74, 6) is 0. The molecule has 14 heavy (non-hydrogen) atoms. The van der Waals surface area contributed by atoms with Crippen LogP contribution in [-0.4, -0.2) is 31.1 Å². The predicted molar refractivity (Wildman–Crippen MR) is 67.4 cm³/mol. The highest BCUT2D eigenvalue weighted by Crippen LogP contribution is 2.21. The zero-order valence-corrected chi connectivity index (χ0v) is 11.1. The molecule has 0 atom stereocenters. The average molecular weight is 298 g/mol. The number of rotatable bonds is 2. The molecule has 0 aliphatic carbocycles. The standard InChI is InChI=1S/C9H13BrN2S.ClH/c10-9-5-8(7-13-9)6-12-3-1-11-2-4-12;/h5,7,11H,1-4,6H2;1H. The molecule has 2 nitrogen and oxygen atoms in total. The first kappa shape index (κ1) is 12.5. The van der Waals surface area contributed by atoms with E-state index in [1.54, 1.807) is 11.3 Å². The quantitative estimate of drug-likeness (QED) is 0.901. The van der Waals surface area contributed by atoms with Crippen molar-refractivity contribution in [1.29, 1.82) is 0 Å². The Morgan fingerprint density at radius 1 is 1.43 bits per heavy atom. The van der Waals surface area contributed by atoms with Crippen LogP contribution in [0.25, 0.3) is 0 Å². The van der Waals surface area contributed by atoms with E-state index in [9.17, 15) is 0 Å². The fraction of sp³-hybridized carbons (Fsp3) is 0.556. The van der Waals surface area contributed by atoms with Crippen LogP contribution in [0.5, 0.6) is 0 Å². The van der Waals surface area contributed by atoms with Gasteiger partial charge >= 0.3 is 0 Å². The van der Waals surface area contributed by atoms with Gasteiger partial charge in [0.1, 0.15) is 0 Å². The maximum Gasteiger partial charge on any atom is 0.0701 e. The van der Waals surface area contributed by atoms with Crippen LogP contribution in [0.15, 0.2) is 15.2 Å². The van der Waals surface area contributed by atoms with Crippen LogP contribution in [0.4, 0.5) is 0 Å². The van der Waals surface area contributed by atoms with Crippen molar-refractivity contribution < 1.29 is 0 Å². The van der Waals surface area contributed by atoms with E-state index >= 15 is 0 Å². The largest absolute Gasteiger partial charge is 0.314 e. The highest BCUT2D eigenvalue weighted by atomic mass is 79.9. The minimum atomic E-state index is 0. The molecular formula is C9H14BrClN2S. The van der Waals surface area contributed by atoms with Gasteiger partial charge in [-0.3, -0.25) is 4.90 Å². The lowest BCUT2D eigenvalue weighted by Gasteiger charge is -2.26. The Hall–Kier alpha value is 0.390. The minimum Gasteiger partial charge on any atom is -0.314 e. The van der Waals surface area contributed by atoms with Gasteiger partial charge in [0.05, 0.1) is 3.79 Å². The molecule has 1 aliphatic rings. The molecule has 0 amide bonds. The van der Waals surface area contributed by atoms with Gasteiger partial charge in [0.15, 0.2) is 0 Å². The van der Waals surface area contributed by atoms with E-state index < -0.39 is 0 Å². The highest BCUT2D eigenvalue weighted by molar-refractivity contribution is 9.11. The van der Waals surface area contributed by atoms with E-state index in [1.165, 1.54) is 22.4 Å². The monoisotopic (exact) mass is 296 g/mol. The Morgan fingerprint density at radius 3 is 2.71 bits per heavy atom. The molecule has 2 heterocycles. The Morgan fingerprint density at radius 2 is 2.14 bits per heavy atom. The summed E-state index contributed by atoms with van der Waals surface area (Å²) in [6, 6.07) is 2.21. The Kier molecular flexibility index (Phi) is 5.41. The summed E-state index contributed by atoms with van der Waals surface area (Å²) in [4.78, 5) is 2.49. The fourth-order valence-electron chi connectivity index (χ4n) is 1.56. The molecule has 1 N–H and O–H groups in total. The summed E-state index contributed by atoms with van der Waals surface area (Å²) < 4.78 is 1.23. The van der Waals surface area contributed by atoms with Crippen molar-refractivity contribution in [3.05, 3.63) is 20.8 Å². The zero-order valence-electron chi connectivity index (χ0n) is 7.83. The third-order valence-corrected chi connectivity index (χ3v) is 3.79. The van der Waals surface area contributed by atoms with Gasteiger partial charge in [-0.2, -0.15) is 0 Å². The lowest BCUT2D eigenvalue weighted by Crippen LogP contribution is -2.42. The van der Waals surface area contributed by atoms with Crippen LogP contribution in [0.1, 0.15) is 5.56 Å². The van der Waals surface area contributed by atoms with Crippen molar-refractivity contribution in [3.8, 4) is 0 Å². The summed E-state index contributed by atoms with van der Waals surface area (Å²) in [5.41, 5.74) is 1.43. The van der Waals surface area contributed by atoms with E-state index in [-0.39, 0.29) is 12.4 Å². The Balaban J connectivity index is 0.000000980.